The molecule has 110 valence electrons. The quantitative estimate of drug-likeness (QED) is 0.898. The van der Waals surface area contributed by atoms with Gasteiger partial charge in [-0.1, -0.05) is 35.0 Å². The molecule has 20 heavy (non-hydrogen) atoms. The van der Waals surface area contributed by atoms with E-state index in [0.29, 0.717) is 18.0 Å². The Hall–Kier alpha value is -1.10. The third-order valence-electron chi connectivity index (χ3n) is 3.15. The number of aliphatic hydroxyl groups excluding tert-OH is 1. The van der Waals surface area contributed by atoms with Gasteiger partial charge < -0.3 is 15.3 Å². The minimum Gasteiger partial charge on any atom is -0.389 e. The maximum absolute atomic E-state index is 10.2. The molecular formula is C15H21ClN2O2. The van der Waals surface area contributed by atoms with Gasteiger partial charge in [0.05, 0.1) is 5.71 Å². The molecule has 2 unspecified atom stereocenters. The van der Waals surface area contributed by atoms with Gasteiger partial charge in [0.25, 0.3) is 0 Å². The number of β-amino-alcohol motifs (C(OH)–C–C–N with tert-alkyl or cyclic N) is 1. The van der Waals surface area contributed by atoms with Crippen LogP contribution in [0.25, 0.3) is 0 Å². The standard InChI is InChI=1S/C15H21ClN2O2/c1-15(2,3)17-9-13(19)14-8-12(18-20-14)10-6-4-5-7-11(10)16/h4-7,13-14,17,19H,8-9H2,1-3H3. The molecule has 0 bridgehead atoms. The van der Waals surface area contributed by atoms with Gasteiger partial charge in [0.2, 0.25) is 0 Å². The van der Waals surface area contributed by atoms with Crippen molar-refractivity contribution in [3.63, 3.8) is 0 Å². The van der Waals surface area contributed by atoms with Gasteiger partial charge >= 0.3 is 0 Å². The number of benzene rings is 1. The van der Waals surface area contributed by atoms with Crippen LogP contribution < -0.4 is 5.32 Å². The topological polar surface area (TPSA) is 53.8 Å². The van der Waals surface area contributed by atoms with Gasteiger partial charge in [-0.2, -0.15) is 0 Å². The number of halogens is 1. The van der Waals surface area contributed by atoms with E-state index in [2.05, 4.69) is 31.2 Å². The van der Waals surface area contributed by atoms with Gasteiger partial charge in [0, 0.05) is 29.1 Å². The minimum absolute atomic E-state index is 0.0357. The van der Waals surface area contributed by atoms with E-state index in [4.69, 9.17) is 16.4 Å². The Morgan fingerprint density at radius 1 is 1.45 bits per heavy atom. The fraction of sp³-hybridized carbons (Fsp3) is 0.533. The highest BCUT2D eigenvalue weighted by Crippen LogP contribution is 2.24. The lowest BCUT2D eigenvalue weighted by Gasteiger charge is -2.24. The Labute approximate surface area is 124 Å². The first-order valence-electron chi connectivity index (χ1n) is 6.77. The second kappa shape index (κ2) is 6.12. The fourth-order valence-corrected chi connectivity index (χ4v) is 2.24. The first-order chi connectivity index (χ1) is 9.37. The summed E-state index contributed by atoms with van der Waals surface area (Å²) < 4.78 is 0. The van der Waals surface area contributed by atoms with Crippen LogP contribution in [-0.2, 0) is 4.84 Å². The summed E-state index contributed by atoms with van der Waals surface area (Å²) in [7, 11) is 0. The van der Waals surface area contributed by atoms with Crippen LogP contribution in [0.5, 0.6) is 0 Å². The predicted molar refractivity (Wildman–Crippen MR) is 81.2 cm³/mol. The molecule has 1 aliphatic rings. The summed E-state index contributed by atoms with van der Waals surface area (Å²) in [6.07, 6.45) is -0.356. The van der Waals surface area contributed by atoms with Crippen LogP contribution >= 0.6 is 11.6 Å². The number of hydrogen-bond donors (Lipinski definition) is 2. The van der Waals surface area contributed by atoms with Gasteiger partial charge in [-0.3, -0.25) is 0 Å². The summed E-state index contributed by atoms with van der Waals surface area (Å²) in [5, 5.41) is 18.1. The molecule has 0 radical (unpaired) electrons. The Bertz CT molecular complexity index is 497. The smallest absolute Gasteiger partial charge is 0.160 e. The first-order valence-corrected chi connectivity index (χ1v) is 7.15. The molecular weight excluding hydrogens is 276 g/mol. The number of hydrogen-bond acceptors (Lipinski definition) is 4. The van der Waals surface area contributed by atoms with Crippen molar-refractivity contribution in [2.45, 2.75) is 44.9 Å². The lowest BCUT2D eigenvalue weighted by Crippen LogP contribution is -2.44. The molecule has 2 atom stereocenters. The lowest BCUT2D eigenvalue weighted by molar-refractivity contribution is -0.0181. The summed E-state index contributed by atoms with van der Waals surface area (Å²) in [5.41, 5.74) is 1.62. The third kappa shape index (κ3) is 3.95. The van der Waals surface area contributed by atoms with Crippen LogP contribution in [0, 0.1) is 0 Å². The van der Waals surface area contributed by atoms with Crippen LogP contribution in [0.4, 0.5) is 0 Å². The molecule has 2 N–H and O–H groups in total. The van der Waals surface area contributed by atoms with Gasteiger partial charge in [0.15, 0.2) is 6.10 Å². The monoisotopic (exact) mass is 296 g/mol. The maximum atomic E-state index is 10.2. The van der Waals surface area contributed by atoms with Crippen molar-refractivity contribution in [1.82, 2.24) is 5.32 Å². The van der Waals surface area contributed by atoms with Gasteiger partial charge in [-0.15, -0.1) is 0 Å². The predicted octanol–water partition coefficient (Wildman–Crippen LogP) is 2.58. The van der Waals surface area contributed by atoms with E-state index in [0.717, 1.165) is 11.3 Å². The molecule has 0 spiro atoms. The van der Waals surface area contributed by atoms with Crippen molar-refractivity contribution >= 4 is 17.3 Å². The Kier molecular flexibility index (Phi) is 4.68. The molecule has 1 aromatic carbocycles. The summed E-state index contributed by atoms with van der Waals surface area (Å²) >= 11 is 6.14. The zero-order valence-electron chi connectivity index (χ0n) is 12.1. The molecule has 2 rings (SSSR count). The highest BCUT2D eigenvalue weighted by atomic mass is 35.5. The third-order valence-corrected chi connectivity index (χ3v) is 3.48. The molecule has 1 heterocycles. The summed E-state index contributed by atoms with van der Waals surface area (Å²) in [5.74, 6) is 0. The molecule has 0 fully saturated rings. The highest BCUT2D eigenvalue weighted by molar-refractivity contribution is 6.34. The summed E-state index contributed by atoms with van der Waals surface area (Å²) in [6, 6.07) is 7.52. The second-order valence-electron chi connectivity index (χ2n) is 6.06. The van der Waals surface area contributed by atoms with Crippen LogP contribution in [0.15, 0.2) is 29.4 Å². The van der Waals surface area contributed by atoms with Crippen molar-refractivity contribution in [1.29, 1.82) is 0 Å². The molecule has 1 aliphatic heterocycles. The minimum atomic E-state index is -0.599. The fourth-order valence-electron chi connectivity index (χ4n) is 2.00. The van der Waals surface area contributed by atoms with Gasteiger partial charge in [0.1, 0.15) is 6.10 Å². The van der Waals surface area contributed by atoms with E-state index >= 15 is 0 Å². The van der Waals surface area contributed by atoms with Crippen molar-refractivity contribution in [2.75, 3.05) is 6.54 Å². The average molecular weight is 297 g/mol. The SMILES string of the molecule is CC(C)(C)NCC(O)C1CC(c2ccccc2Cl)=NO1. The summed E-state index contributed by atoms with van der Waals surface area (Å²) in [6.45, 7) is 6.64. The zero-order chi connectivity index (χ0) is 14.8. The molecule has 0 aromatic heterocycles. The lowest BCUT2D eigenvalue weighted by atomic mass is 10.0. The van der Waals surface area contributed by atoms with E-state index in [9.17, 15) is 5.11 Å². The summed E-state index contributed by atoms with van der Waals surface area (Å²) in [4.78, 5) is 5.34. The average Bonchev–Trinajstić information content (AvgIpc) is 2.85. The Morgan fingerprint density at radius 2 is 2.15 bits per heavy atom. The number of oxime groups is 1. The van der Waals surface area contributed by atoms with Crippen LogP contribution in [0.3, 0.4) is 0 Å². The molecule has 0 saturated heterocycles. The number of aliphatic hydroxyl groups is 1. The Balaban J connectivity index is 1.93. The first kappa shape index (κ1) is 15.3. The van der Waals surface area contributed by atoms with Crippen molar-refractivity contribution in [2.24, 2.45) is 5.16 Å². The van der Waals surface area contributed by atoms with E-state index in [1.165, 1.54) is 0 Å². The van der Waals surface area contributed by atoms with Gasteiger partial charge in [-0.05, 0) is 26.8 Å². The molecule has 0 amide bonds. The van der Waals surface area contributed by atoms with Crippen molar-refractivity contribution in [3.05, 3.63) is 34.9 Å². The largest absolute Gasteiger partial charge is 0.389 e. The highest BCUT2D eigenvalue weighted by Gasteiger charge is 2.30. The maximum Gasteiger partial charge on any atom is 0.160 e. The van der Waals surface area contributed by atoms with Crippen LogP contribution in [0.2, 0.25) is 5.02 Å². The molecule has 0 saturated carbocycles. The Morgan fingerprint density at radius 3 is 2.80 bits per heavy atom. The number of nitrogens with zero attached hydrogens (tertiary/aromatic N) is 1. The molecule has 1 aromatic rings. The van der Waals surface area contributed by atoms with Gasteiger partial charge in [-0.25, -0.2) is 0 Å². The van der Waals surface area contributed by atoms with E-state index < -0.39 is 6.10 Å². The van der Waals surface area contributed by atoms with E-state index in [-0.39, 0.29) is 11.6 Å². The van der Waals surface area contributed by atoms with Crippen molar-refractivity contribution < 1.29 is 9.94 Å². The van der Waals surface area contributed by atoms with E-state index in [1.807, 2.05) is 24.3 Å². The zero-order valence-corrected chi connectivity index (χ0v) is 12.8. The van der Waals surface area contributed by atoms with E-state index in [1.54, 1.807) is 0 Å². The van der Waals surface area contributed by atoms with Crippen molar-refractivity contribution in [3.8, 4) is 0 Å². The normalized spacial score (nSPS) is 20.4. The van der Waals surface area contributed by atoms with Crippen LogP contribution in [0.1, 0.15) is 32.8 Å². The number of rotatable bonds is 4. The van der Waals surface area contributed by atoms with Crippen LogP contribution in [-0.4, -0.2) is 35.1 Å². The molecule has 0 aliphatic carbocycles. The second-order valence-corrected chi connectivity index (χ2v) is 6.47. The molecule has 4 nitrogen and oxygen atoms in total. The molecule has 5 heteroatoms. The number of nitrogens with one attached hydrogen (secondary N) is 1.